The van der Waals surface area contributed by atoms with Crippen molar-refractivity contribution in [2.75, 3.05) is 20.1 Å². The average Bonchev–Trinajstić information content (AvgIpc) is 2.67. The van der Waals surface area contributed by atoms with Crippen molar-refractivity contribution in [3.63, 3.8) is 0 Å². The van der Waals surface area contributed by atoms with Gasteiger partial charge in [0.25, 0.3) is 0 Å². The lowest BCUT2D eigenvalue weighted by Crippen LogP contribution is -2.51. The fourth-order valence-corrected chi connectivity index (χ4v) is 1.50. The number of piperazine rings is 1. The van der Waals surface area contributed by atoms with Gasteiger partial charge in [0, 0.05) is 7.05 Å². The van der Waals surface area contributed by atoms with Gasteiger partial charge in [0.05, 0.1) is 19.4 Å². The van der Waals surface area contributed by atoms with E-state index in [0.29, 0.717) is 12.3 Å². The van der Waals surface area contributed by atoms with E-state index in [0.717, 1.165) is 0 Å². The number of amides is 2. The van der Waals surface area contributed by atoms with E-state index >= 15 is 0 Å². The lowest BCUT2D eigenvalue weighted by atomic mass is 10.3. The lowest BCUT2D eigenvalue weighted by Gasteiger charge is -2.30. The van der Waals surface area contributed by atoms with Crippen LogP contribution in [0.1, 0.15) is 5.76 Å². The Kier molecular flexibility index (Phi) is 2.45. The predicted octanol–water partition coefficient (Wildman–Crippen LogP) is 0.0802. The third-order valence-electron chi connectivity index (χ3n) is 2.40. The standard InChI is InChI=1S/C10H12N2O3/c1-11-6-10(14)12(7-9(11)13)5-8-3-2-4-15-8/h2-4H,5-7H2,1H3. The number of furan rings is 1. The van der Waals surface area contributed by atoms with Gasteiger partial charge in [0.2, 0.25) is 11.8 Å². The fraction of sp³-hybridized carbons (Fsp3) is 0.400. The molecule has 5 heteroatoms. The van der Waals surface area contributed by atoms with Crippen LogP contribution in [-0.2, 0) is 16.1 Å². The van der Waals surface area contributed by atoms with E-state index in [-0.39, 0.29) is 24.9 Å². The summed E-state index contributed by atoms with van der Waals surface area (Å²) < 4.78 is 5.13. The van der Waals surface area contributed by atoms with Crippen molar-refractivity contribution in [1.29, 1.82) is 0 Å². The summed E-state index contributed by atoms with van der Waals surface area (Å²) in [7, 11) is 1.63. The average molecular weight is 208 g/mol. The zero-order chi connectivity index (χ0) is 10.8. The molecule has 0 saturated carbocycles. The van der Waals surface area contributed by atoms with Crippen LogP contribution in [0.3, 0.4) is 0 Å². The molecule has 0 N–H and O–H groups in total. The van der Waals surface area contributed by atoms with Crippen molar-refractivity contribution in [3.8, 4) is 0 Å². The van der Waals surface area contributed by atoms with Crippen LogP contribution in [0.2, 0.25) is 0 Å². The summed E-state index contributed by atoms with van der Waals surface area (Å²) in [6.45, 7) is 0.654. The predicted molar refractivity (Wildman–Crippen MR) is 51.8 cm³/mol. The molecule has 0 atom stereocenters. The lowest BCUT2D eigenvalue weighted by molar-refractivity contribution is -0.149. The minimum atomic E-state index is -0.0477. The van der Waals surface area contributed by atoms with Crippen LogP contribution in [0.4, 0.5) is 0 Å². The second-order valence-electron chi connectivity index (χ2n) is 3.58. The number of nitrogens with zero attached hydrogens (tertiary/aromatic N) is 2. The first-order chi connectivity index (χ1) is 7.16. The Hall–Kier alpha value is -1.78. The number of hydrogen-bond donors (Lipinski definition) is 0. The molecular weight excluding hydrogens is 196 g/mol. The molecule has 80 valence electrons. The van der Waals surface area contributed by atoms with Crippen LogP contribution in [0, 0.1) is 0 Å². The van der Waals surface area contributed by atoms with Crippen LogP contribution in [0.25, 0.3) is 0 Å². The van der Waals surface area contributed by atoms with E-state index in [1.165, 1.54) is 9.80 Å². The van der Waals surface area contributed by atoms with Crippen molar-refractivity contribution in [2.45, 2.75) is 6.54 Å². The molecule has 2 heterocycles. The molecule has 1 aliphatic rings. The number of likely N-dealkylation sites (N-methyl/N-ethyl adjacent to an activating group) is 1. The van der Waals surface area contributed by atoms with Gasteiger partial charge in [0.1, 0.15) is 12.3 Å². The van der Waals surface area contributed by atoms with Gasteiger partial charge < -0.3 is 14.2 Å². The first-order valence-electron chi connectivity index (χ1n) is 4.71. The molecule has 0 unspecified atom stereocenters. The maximum atomic E-state index is 11.6. The summed E-state index contributed by atoms with van der Waals surface area (Å²) in [6, 6.07) is 3.55. The van der Waals surface area contributed by atoms with Gasteiger partial charge >= 0.3 is 0 Å². The molecule has 15 heavy (non-hydrogen) atoms. The Morgan fingerprint density at radius 2 is 2.13 bits per heavy atom. The molecule has 2 rings (SSSR count). The minimum absolute atomic E-state index is 0.0406. The van der Waals surface area contributed by atoms with Crippen LogP contribution >= 0.6 is 0 Å². The zero-order valence-corrected chi connectivity index (χ0v) is 8.47. The van der Waals surface area contributed by atoms with Gasteiger partial charge in [-0.3, -0.25) is 9.59 Å². The summed E-state index contributed by atoms with van der Waals surface area (Å²) >= 11 is 0. The first-order valence-corrected chi connectivity index (χ1v) is 4.71. The van der Waals surface area contributed by atoms with Gasteiger partial charge in [-0.05, 0) is 12.1 Å². The molecule has 0 spiro atoms. The normalized spacial score (nSPS) is 17.4. The molecule has 1 aromatic heterocycles. The van der Waals surface area contributed by atoms with Crippen LogP contribution in [0.5, 0.6) is 0 Å². The third-order valence-corrected chi connectivity index (χ3v) is 2.40. The van der Waals surface area contributed by atoms with E-state index in [1.807, 2.05) is 0 Å². The Labute approximate surface area is 87.3 Å². The van der Waals surface area contributed by atoms with Crippen molar-refractivity contribution in [2.24, 2.45) is 0 Å². The van der Waals surface area contributed by atoms with Gasteiger partial charge in [-0.1, -0.05) is 0 Å². The summed E-state index contributed by atoms with van der Waals surface area (Å²) in [5.41, 5.74) is 0. The molecule has 5 nitrogen and oxygen atoms in total. The topological polar surface area (TPSA) is 53.8 Å². The molecular formula is C10H12N2O3. The van der Waals surface area contributed by atoms with Gasteiger partial charge in [-0.15, -0.1) is 0 Å². The SMILES string of the molecule is CN1CC(=O)N(Cc2ccco2)CC1=O. The van der Waals surface area contributed by atoms with Crippen LogP contribution in [-0.4, -0.2) is 41.8 Å². The van der Waals surface area contributed by atoms with Gasteiger partial charge in [-0.25, -0.2) is 0 Å². The van der Waals surface area contributed by atoms with Crippen LogP contribution < -0.4 is 0 Å². The molecule has 2 amide bonds. The highest BCUT2D eigenvalue weighted by Crippen LogP contribution is 2.09. The molecule has 0 aromatic carbocycles. The van der Waals surface area contributed by atoms with E-state index in [9.17, 15) is 9.59 Å². The molecule has 1 aromatic rings. The Bertz CT molecular complexity index is 372. The first kappa shape index (κ1) is 9.76. The van der Waals surface area contributed by atoms with Gasteiger partial charge in [0.15, 0.2) is 0 Å². The van der Waals surface area contributed by atoms with Crippen molar-refractivity contribution in [3.05, 3.63) is 24.2 Å². The highest BCUT2D eigenvalue weighted by molar-refractivity contribution is 5.92. The van der Waals surface area contributed by atoms with Crippen molar-refractivity contribution in [1.82, 2.24) is 9.80 Å². The maximum absolute atomic E-state index is 11.6. The Morgan fingerprint density at radius 1 is 1.33 bits per heavy atom. The van der Waals surface area contributed by atoms with Crippen molar-refractivity contribution >= 4 is 11.8 Å². The van der Waals surface area contributed by atoms with E-state index in [2.05, 4.69) is 0 Å². The summed E-state index contributed by atoms with van der Waals surface area (Å²) in [5.74, 6) is 0.607. The number of rotatable bonds is 2. The molecule has 1 saturated heterocycles. The molecule has 0 aliphatic carbocycles. The molecule has 1 aliphatic heterocycles. The minimum Gasteiger partial charge on any atom is -0.467 e. The van der Waals surface area contributed by atoms with Crippen LogP contribution in [0.15, 0.2) is 22.8 Å². The monoisotopic (exact) mass is 208 g/mol. The summed E-state index contributed by atoms with van der Waals surface area (Å²) in [5, 5.41) is 0. The Balaban J connectivity index is 2.03. The highest BCUT2D eigenvalue weighted by Gasteiger charge is 2.27. The molecule has 0 bridgehead atoms. The highest BCUT2D eigenvalue weighted by atomic mass is 16.3. The Morgan fingerprint density at radius 3 is 2.80 bits per heavy atom. The number of carbonyl (C=O) groups excluding carboxylic acids is 2. The second kappa shape index (κ2) is 3.76. The number of hydrogen-bond acceptors (Lipinski definition) is 3. The molecule has 1 fully saturated rings. The second-order valence-corrected chi connectivity index (χ2v) is 3.58. The number of carbonyl (C=O) groups is 2. The maximum Gasteiger partial charge on any atom is 0.243 e. The third kappa shape index (κ3) is 2.01. The summed E-state index contributed by atoms with van der Waals surface area (Å²) in [6.07, 6.45) is 1.55. The van der Waals surface area contributed by atoms with Crippen molar-refractivity contribution < 1.29 is 14.0 Å². The smallest absolute Gasteiger partial charge is 0.243 e. The quantitative estimate of drug-likeness (QED) is 0.691. The zero-order valence-electron chi connectivity index (χ0n) is 8.47. The van der Waals surface area contributed by atoms with E-state index < -0.39 is 0 Å². The summed E-state index contributed by atoms with van der Waals surface area (Å²) in [4.78, 5) is 25.9. The fourth-order valence-electron chi connectivity index (χ4n) is 1.50. The van der Waals surface area contributed by atoms with E-state index in [1.54, 1.807) is 25.4 Å². The molecule has 0 radical (unpaired) electrons. The van der Waals surface area contributed by atoms with Gasteiger partial charge in [-0.2, -0.15) is 0 Å². The largest absolute Gasteiger partial charge is 0.467 e. The van der Waals surface area contributed by atoms with E-state index in [4.69, 9.17) is 4.42 Å².